The number of halogens is 1. The van der Waals surface area contributed by atoms with Gasteiger partial charge in [0.05, 0.1) is 11.5 Å². The van der Waals surface area contributed by atoms with Crippen molar-refractivity contribution >= 4 is 27.3 Å². The lowest BCUT2D eigenvalue weighted by Crippen LogP contribution is -2.41. The summed E-state index contributed by atoms with van der Waals surface area (Å²) in [5, 5.41) is 11.4. The molecule has 0 amide bonds. The molecule has 2 aromatic rings. The average molecular weight is 411 g/mol. The lowest BCUT2D eigenvalue weighted by Gasteiger charge is -2.31. The topological polar surface area (TPSA) is 89.8 Å². The molecule has 0 aliphatic carbocycles. The molecular formula is C18H19ClN2O5S. The Bertz CT molecular complexity index is 921. The van der Waals surface area contributed by atoms with Crippen LogP contribution in [-0.4, -0.2) is 37.3 Å². The fourth-order valence-electron chi connectivity index (χ4n) is 3.10. The number of sulfonamides is 1. The standard InChI is InChI=1S/C18H19ClN2O5S/c19-15-8-9-18(17(11-15)21(22)23)27(24,25)20-10-4-5-14(12-20)13-26-16-6-2-1-3-7-16/h1-3,6-9,11,14H,4-5,10,12-13H2. The highest BCUT2D eigenvalue weighted by molar-refractivity contribution is 7.89. The van der Waals surface area contributed by atoms with Crippen LogP contribution in [0.1, 0.15) is 12.8 Å². The van der Waals surface area contributed by atoms with Gasteiger partial charge in [-0.2, -0.15) is 4.31 Å². The molecule has 0 N–H and O–H groups in total. The molecule has 7 nitrogen and oxygen atoms in total. The van der Waals surface area contributed by atoms with Crippen molar-refractivity contribution in [2.45, 2.75) is 17.7 Å². The summed E-state index contributed by atoms with van der Waals surface area (Å²) in [6, 6.07) is 12.9. The van der Waals surface area contributed by atoms with Crippen LogP contribution < -0.4 is 4.74 Å². The Kier molecular flexibility index (Phi) is 5.98. The molecule has 2 aromatic carbocycles. The van der Waals surface area contributed by atoms with Gasteiger partial charge in [0, 0.05) is 30.1 Å². The molecular weight excluding hydrogens is 392 g/mol. The molecule has 1 heterocycles. The van der Waals surface area contributed by atoms with E-state index in [1.54, 1.807) is 0 Å². The van der Waals surface area contributed by atoms with E-state index < -0.39 is 20.6 Å². The van der Waals surface area contributed by atoms with Crippen molar-refractivity contribution in [2.24, 2.45) is 5.92 Å². The molecule has 0 radical (unpaired) electrons. The number of para-hydroxylation sites is 1. The Balaban J connectivity index is 1.76. The number of rotatable bonds is 6. The highest BCUT2D eigenvalue weighted by atomic mass is 35.5. The highest BCUT2D eigenvalue weighted by Crippen LogP contribution is 2.31. The normalized spacial score (nSPS) is 18.2. The van der Waals surface area contributed by atoms with E-state index in [2.05, 4.69) is 0 Å². The highest BCUT2D eigenvalue weighted by Gasteiger charge is 2.35. The molecule has 9 heteroatoms. The first-order valence-corrected chi connectivity index (χ1v) is 10.3. The minimum atomic E-state index is -3.99. The second kappa shape index (κ2) is 8.24. The Morgan fingerprint density at radius 3 is 2.67 bits per heavy atom. The van der Waals surface area contributed by atoms with Crippen molar-refractivity contribution in [3.8, 4) is 5.75 Å². The molecule has 27 heavy (non-hydrogen) atoms. The second-order valence-electron chi connectivity index (χ2n) is 6.36. The Hall–Kier alpha value is -2.16. The largest absolute Gasteiger partial charge is 0.493 e. The monoisotopic (exact) mass is 410 g/mol. The van der Waals surface area contributed by atoms with Gasteiger partial charge in [0.2, 0.25) is 10.0 Å². The fraction of sp³-hybridized carbons (Fsp3) is 0.333. The van der Waals surface area contributed by atoms with Crippen LogP contribution in [0, 0.1) is 16.0 Å². The molecule has 1 saturated heterocycles. The Labute approximate surface area is 162 Å². The predicted octanol–water partition coefficient (Wildman–Crippen LogP) is 3.73. The van der Waals surface area contributed by atoms with Crippen LogP contribution in [-0.2, 0) is 10.0 Å². The molecule has 0 bridgehead atoms. The number of ether oxygens (including phenoxy) is 1. The van der Waals surface area contributed by atoms with Gasteiger partial charge in [-0.25, -0.2) is 8.42 Å². The molecule has 1 atom stereocenters. The zero-order chi connectivity index (χ0) is 19.4. The molecule has 1 aliphatic heterocycles. The molecule has 3 rings (SSSR count). The zero-order valence-corrected chi connectivity index (χ0v) is 16.0. The van der Waals surface area contributed by atoms with Gasteiger partial charge in [0.15, 0.2) is 4.90 Å². The minimum absolute atomic E-state index is 0.0140. The van der Waals surface area contributed by atoms with E-state index in [9.17, 15) is 18.5 Å². The van der Waals surface area contributed by atoms with Crippen molar-refractivity contribution in [1.29, 1.82) is 0 Å². The second-order valence-corrected chi connectivity index (χ2v) is 8.71. The van der Waals surface area contributed by atoms with E-state index >= 15 is 0 Å². The van der Waals surface area contributed by atoms with Crippen LogP contribution >= 0.6 is 11.6 Å². The maximum atomic E-state index is 13.0. The van der Waals surface area contributed by atoms with E-state index in [0.29, 0.717) is 19.6 Å². The first-order valence-electron chi connectivity index (χ1n) is 8.50. The summed E-state index contributed by atoms with van der Waals surface area (Å²) in [7, 11) is -3.99. The third kappa shape index (κ3) is 4.58. The van der Waals surface area contributed by atoms with Crippen LogP contribution in [0.4, 0.5) is 5.69 Å². The summed E-state index contributed by atoms with van der Waals surface area (Å²) in [6.07, 6.45) is 1.50. The van der Waals surface area contributed by atoms with Crippen molar-refractivity contribution in [1.82, 2.24) is 4.31 Å². The van der Waals surface area contributed by atoms with Crippen LogP contribution in [0.2, 0.25) is 5.02 Å². The van der Waals surface area contributed by atoms with E-state index in [0.717, 1.165) is 18.2 Å². The van der Waals surface area contributed by atoms with Crippen LogP contribution in [0.25, 0.3) is 0 Å². The number of piperidine rings is 1. The van der Waals surface area contributed by atoms with Gasteiger partial charge in [0.25, 0.3) is 5.69 Å². The van der Waals surface area contributed by atoms with Crippen molar-refractivity contribution < 1.29 is 18.1 Å². The van der Waals surface area contributed by atoms with Crippen molar-refractivity contribution in [2.75, 3.05) is 19.7 Å². The van der Waals surface area contributed by atoms with Crippen LogP contribution in [0.15, 0.2) is 53.4 Å². The van der Waals surface area contributed by atoms with Gasteiger partial charge in [0.1, 0.15) is 5.75 Å². The summed E-state index contributed by atoms with van der Waals surface area (Å²) in [4.78, 5) is 10.2. The lowest BCUT2D eigenvalue weighted by molar-refractivity contribution is -0.387. The number of nitro benzene ring substituents is 1. The van der Waals surface area contributed by atoms with Gasteiger partial charge in [-0.15, -0.1) is 0 Å². The average Bonchev–Trinajstić information content (AvgIpc) is 2.67. The summed E-state index contributed by atoms with van der Waals surface area (Å²) in [5.74, 6) is 0.742. The van der Waals surface area contributed by atoms with E-state index in [1.807, 2.05) is 30.3 Å². The molecule has 1 fully saturated rings. The summed E-state index contributed by atoms with van der Waals surface area (Å²) >= 11 is 5.79. The lowest BCUT2D eigenvalue weighted by atomic mass is 10.0. The van der Waals surface area contributed by atoms with Gasteiger partial charge in [-0.1, -0.05) is 29.8 Å². The third-order valence-electron chi connectivity index (χ3n) is 4.45. The smallest absolute Gasteiger partial charge is 0.290 e. The maximum Gasteiger partial charge on any atom is 0.290 e. The molecule has 1 unspecified atom stereocenters. The minimum Gasteiger partial charge on any atom is -0.493 e. The first kappa shape index (κ1) is 19.6. The van der Waals surface area contributed by atoms with Crippen LogP contribution in [0.3, 0.4) is 0 Å². The quantitative estimate of drug-likeness (QED) is 0.534. The molecule has 1 aliphatic rings. The van der Waals surface area contributed by atoms with Crippen molar-refractivity contribution in [3.05, 3.63) is 63.7 Å². The maximum absolute atomic E-state index is 13.0. The van der Waals surface area contributed by atoms with E-state index in [4.69, 9.17) is 16.3 Å². The van der Waals surface area contributed by atoms with E-state index in [-0.39, 0.29) is 22.4 Å². The Morgan fingerprint density at radius 2 is 1.96 bits per heavy atom. The first-order chi connectivity index (χ1) is 12.9. The van der Waals surface area contributed by atoms with Crippen molar-refractivity contribution in [3.63, 3.8) is 0 Å². The van der Waals surface area contributed by atoms with E-state index in [1.165, 1.54) is 16.4 Å². The predicted molar refractivity (Wildman–Crippen MR) is 102 cm³/mol. The number of hydrogen-bond donors (Lipinski definition) is 0. The summed E-state index contributed by atoms with van der Waals surface area (Å²) < 4.78 is 33.0. The Morgan fingerprint density at radius 1 is 1.22 bits per heavy atom. The summed E-state index contributed by atoms with van der Waals surface area (Å²) in [5.41, 5.74) is -0.509. The number of hydrogen-bond acceptors (Lipinski definition) is 5. The molecule has 0 spiro atoms. The van der Waals surface area contributed by atoms with Gasteiger partial charge in [-0.3, -0.25) is 10.1 Å². The van der Waals surface area contributed by atoms with Gasteiger partial charge < -0.3 is 4.74 Å². The fourth-order valence-corrected chi connectivity index (χ4v) is 4.96. The number of nitrogens with zero attached hydrogens (tertiary/aromatic N) is 2. The number of benzene rings is 2. The molecule has 0 aromatic heterocycles. The van der Waals surface area contributed by atoms with Crippen LogP contribution in [0.5, 0.6) is 5.75 Å². The number of nitro groups is 1. The SMILES string of the molecule is O=[N+]([O-])c1cc(Cl)ccc1S(=O)(=O)N1CCCC(COc2ccccc2)C1. The molecule has 144 valence electrons. The molecule has 0 saturated carbocycles. The van der Waals surface area contributed by atoms with Gasteiger partial charge in [-0.05, 0) is 37.1 Å². The van der Waals surface area contributed by atoms with Gasteiger partial charge >= 0.3 is 0 Å². The zero-order valence-electron chi connectivity index (χ0n) is 14.5. The third-order valence-corrected chi connectivity index (χ3v) is 6.59. The summed E-state index contributed by atoms with van der Waals surface area (Å²) in [6.45, 7) is 0.970.